The molecule has 1 saturated heterocycles. The Morgan fingerprint density at radius 2 is 1.93 bits per heavy atom. The molecule has 1 aliphatic heterocycles. The van der Waals surface area contributed by atoms with Crippen LogP contribution in [0.3, 0.4) is 0 Å². The zero-order chi connectivity index (χ0) is 18.6. The van der Waals surface area contributed by atoms with Crippen molar-refractivity contribution in [3.8, 4) is 5.75 Å². The summed E-state index contributed by atoms with van der Waals surface area (Å²) in [7, 11) is 0. The molecule has 1 aliphatic rings. The topological polar surface area (TPSA) is 102 Å². The van der Waals surface area contributed by atoms with Gasteiger partial charge in [-0.3, -0.25) is 4.79 Å². The number of aromatic nitrogens is 2. The van der Waals surface area contributed by atoms with Gasteiger partial charge in [-0.2, -0.15) is 0 Å². The van der Waals surface area contributed by atoms with Gasteiger partial charge >= 0.3 is 0 Å². The highest BCUT2D eigenvalue weighted by atomic mass is 16.5. The molecular formula is C20H21N5O2. The van der Waals surface area contributed by atoms with Crippen molar-refractivity contribution in [2.24, 2.45) is 5.73 Å². The van der Waals surface area contributed by atoms with Gasteiger partial charge in [-0.05, 0) is 56.3 Å². The Bertz CT molecular complexity index is 952. The monoisotopic (exact) mass is 363 g/mol. The van der Waals surface area contributed by atoms with Crippen LogP contribution in [0.5, 0.6) is 5.75 Å². The maximum absolute atomic E-state index is 11.2. The summed E-state index contributed by atoms with van der Waals surface area (Å²) < 4.78 is 6.21. The first kappa shape index (κ1) is 17.2. The second-order valence-electron chi connectivity index (χ2n) is 6.52. The number of ether oxygens (including phenoxy) is 1. The summed E-state index contributed by atoms with van der Waals surface area (Å²) in [5.41, 5.74) is 7.28. The van der Waals surface area contributed by atoms with Gasteiger partial charge in [0.2, 0.25) is 11.9 Å². The van der Waals surface area contributed by atoms with Gasteiger partial charge in [-0.1, -0.05) is 12.1 Å². The fourth-order valence-electron chi connectivity index (χ4n) is 3.12. The number of fused-ring (bicyclic) bond motifs is 1. The van der Waals surface area contributed by atoms with E-state index in [1.165, 1.54) is 0 Å². The van der Waals surface area contributed by atoms with Crippen molar-refractivity contribution in [3.63, 3.8) is 0 Å². The Kier molecular flexibility index (Phi) is 4.84. The number of nitrogens with one attached hydrogen (secondary N) is 2. The van der Waals surface area contributed by atoms with Crippen molar-refractivity contribution in [1.29, 1.82) is 0 Å². The van der Waals surface area contributed by atoms with Gasteiger partial charge in [0.05, 0.1) is 0 Å². The maximum atomic E-state index is 11.2. The number of nitrogens with zero attached hydrogens (tertiary/aromatic N) is 2. The number of carbonyl (C=O) groups is 1. The van der Waals surface area contributed by atoms with E-state index in [1.54, 1.807) is 30.5 Å². The van der Waals surface area contributed by atoms with Gasteiger partial charge in [0.1, 0.15) is 17.4 Å². The van der Waals surface area contributed by atoms with E-state index in [-0.39, 0.29) is 6.10 Å². The van der Waals surface area contributed by atoms with Crippen LogP contribution >= 0.6 is 0 Å². The van der Waals surface area contributed by atoms with Crippen LogP contribution in [0.2, 0.25) is 0 Å². The molecule has 3 aromatic rings. The van der Waals surface area contributed by atoms with Gasteiger partial charge in [0.15, 0.2) is 0 Å². The van der Waals surface area contributed by atoms with Gasteiger partial charge in [0.25, 0.3) is 0 Å². The molecule has 7 nitrogen and oxygen atoms in total. The molecule has 7 heteroatoms. The van der Waals surface area contributed by atoms with Gasteiger partial charge in [0, 0.05) is 22.8 Å². The second-order valence-corrected chi connectivity index (χ2v) is 6.52. The zero-order valence-electron chi connectivity index (χ0n) is 14.8. The Balaban J connectivity index is 1.58. The average molecular weight is 363 g/mol. The van der Waals surface area contributed by atoms with Gasteiger partial charge < -0.3 is 21.1 Å². The summed E-state index contributed by atoms with van der Waals surface area (Å²) >= 11 is 0. The normalized spacial score (nSPS) is 14.8. The number of rotatable bonds is 5. The third-order valence-corrected chi connectivity index (χ3v) is 4.58. The van der Waals surface area contributed by atoms with Crippen molar-refractivity contribution in [2.75, 3.05) is 18.4 Å². The fourth-order valence-corrected chi connectivity index (χ4v) is 3.12. The summed E-state index contributed by atoms with van der Waals surface area (Å²) in [6.07, 6.45) is 3.94. The molecule has 4 rings (SSSR count). The Labute approximate surface area is 157 Å². The van der Waals surface area contributed by atoms with Crippen molar-refractivity contribution in [2.45, 2.75) is 18.9 Å². The maximum Gasteiger partial charge on any atom is 0.248 e. The number of benzene rings is 2. The van der Waals surface area contributed by atoms with Crippen LogP contribution < -0.4 is 21.1 Å². The van der Waals surface area contributed by atoms with Crippen LogP contribution in [0.1, 0.15) is 23.2 Å². The largest absolute Gasteiger partial charge is 0.488 e. The first-order chi connectivity index (χ1) is 13.2. The number of carbonyl (C=O) groups excluding carboxylic acids is 1. The van der Waals surface area contributed by atoms with Crippen molar-refractivity contribution >= 4 is 28.4 Å². The van der Waals surface area contributed by atoms with E-state index in [0.29, 0.717) is 11.5 Å². The Morgan fingerprint density at radius 1 is 1.15 bits per heavy atom. The van der Waals surface area contributed by atoms with Gasteiger partial charge in [-0.25, -0.2) is 9.97 Å². The number of piperidine rings is 1. The molecule has 0 aliphatic carbocycles. The lowest BCUT2D eigenvalue weighted by atomic mass is 10.1. The third-order valence-electron chi connectivity index (χ3n) is 4.58. The molecule has 0 atom stereocenters. The van der Waals surface area contributed by atoms with Crippen LogP contribution in [0, 0.1) is 0 Å². The molecule has 0 spiro atoms. The predicted molar refractivity (Wildman–Crippen MR) is 104 cm³/mol. The van der Waals surface area contributed by atoms with Gasteiger partial charge in [-0.15, -0.1) is 0 Å². The van der Waals surface area contributed by atoms with E-state index in [4.69, 9.17) is 10.5 Å². The summed E-state index contributed by atoms with van der Waals surface area (Å²) in [6.45, 7) is 1.94. The minimum atomic E-state index is -0.455. The molecule has 0 radical (unpaired) electrons. The second kappa shape index (κ2) is 7.59. The number of primary amides is 1. The lowest BCUT2D eigenvalue weighted by Crippen LogP contribution is -2.34. The summed E-state index contributed by atoms with van der Waals surface area (Å²) in [6, 6.07) is 12.7. The van der Waals surface area contributed by atoms with Crippen molar-refractivity contribution in [1.82, 2.24) is 15.3 Å². The van der Waals surface area contributed by atoms with E-state index in [2.05, 4.69) is 20.6 Å². The van der Waals surface area contributed by atoms with Crippen LogP contribution in [-0.4, -0.2) is 35.1 Å². The Hall–Kier alpha value is -3.19. The number of para-hydroxylation sites is 1. The number of hydrogen-bond donors (Lipinski definition) is 3. The summed E-state index contributed by atoms with van der Waals surface area (Å²) in [5.74, 6) is 0.785. The van der Waals surface area contributed by atoms with E-state index in [0.717, 1.165) is 48.3 Å². The number of nitrogens with two attached hydrogens (primary N) is 1. The van der Waals surface area contributed by atoms with Crippen LogP contribution in [0.15, 0.2) is 48.7 Å². The summed E-state index contributed by atoms with van der Waals surface area (Å²) in [5, 5.41) is 7.42. The third kappa shape index (κ3) is 3.98. The highest BCUT2D eigenvalue weighted by Crippen LogP contribution is 2.27. The number of hydrogen-bond acceptors (Lipinski definition) is 6. The van der Waals surface area contributed by atoms with E-state index < -0.39 is 5.91 Å². The predicted octanol–water partition coefficient (Wildman–Crippen LogP) is 2.60. The highest BCUT2D eigenvalue weighted by molar-refractivity contribution is 5.93. The molecule has 1 aromatic heterocycles. The zero-order valence-corrected chi connectivity index (χ0v) is 14.8. The molecule has 0 bridgehead atoms. The van der Waals surface area contributed by atoms with E-state index in [9.17, 15) is 4.79 Å². The van der Waals surface area contributed by atoms with Crippen molar-refractivity contribution in [3.05, 3.63) is 54.2 Å². The van der Waals surface area contributed by atoms with Crippen LogP contribution in [-0.2, 0) is 0 Å². The molecule has 4 N–H and O–H groups in total. The lowest BCUT2D eigenvalue weighted by molar-refractivity contribution is 0.100. The first-order valence-electron chi connectivity index (χ1n) is 8.99. The SMILES string of the molecule is NC(=O)c1ccc(Nc2ncc3cccc(OC4CCNCC4)c3n2)cc1. The molecule has 0 unspecified atom stereocenters. The average Bonchev–Trinajstić information content (AvgIpc) is 2.70. The first-order valence-corrected chi connectivity index (χ1v) is 8.99. The van der Waals surface area contributed by atoms with E-state index >= 15 is 0 Å². The molecule has 1 fully saturated rings. The van der Waals surface area contributed by atoms with Crippen molar-refractivity contribution < 1.29 is 9.53 Å². The lowest BCUT2D eigenvalue weighted by Gasteiger charge is -2.24. The van der Waals surface area contributed by atoms with Crippen LogP contribution in [0.4, 0.5) is 11.6 Å². The molecular weight excluding hydrogens is 342 g/mol. The van der Waals surface area contributed by atoms with Crippen LogP contribution in [0.25, 0.3) is 10.9 Å². The molecule has 2 aromatic carbocycles. The summed E-state index contributed by atoms with van der Waals surface area (Å²) in [4.78, 5) is 20.2. The van der Waals surface area contributed by atoms with E-state index in [1.807, 2.05) is 18.2 Å². The molecule has 138 valence electrons. The molecule has 27 heavy (non-hydrogen) atoms. The molecule has 1 amide bonds. The molecule has 2 heterocycles. The minimum absolute atomic E-state index is 0.199. The smallest absolute Gasteiger partial charge is 0.248 e. The standard InChI is InChI=1S/C20H21N5O2/c21-19(26)13-4-6-15(7-5-13)24-20-23-12-14-2-1-3-17(18(14)25-20)27-16-8-10-22-11-9-16/h1-7,12,16,22H,8-11H2,(H2,21,26)(H,23,24,25). The number of amides is 1. The minimum Gasteiger partial charge on any atom is -0.488 e. The number of anilines is 2. The quantitative estimate of drug-likeness (QED) is 0.644. The fraction of sp³-hybridized carbons (Fsp3) is 0.250. The molecule has 0 saturated carbocycles. The highest BCUT2D eigenvalue weighted by Gasteiger charge is 2.16. The Morgan fingerprint density at radius 3 is 2.67 bits per heavy atom.